The first-order valence-electron chi connectivity index (χ1n) is 8.63. The smallest absolute Gasteiger partial charge is 0.383 e. The number of rotatable bonds is 2. The monoisotopic (exact) mass is 356 g/mol. The van der Waals surface area contributed by atoms with Crippen molar-refractivity contribution in [3.63, 3.8) is 0 Å². The van der Waals surface area contributed by atoms with E-state index in [9.17, 15) is 23.1 Å². The number of benzene rings is 1. The number of urea groups is 1. The van der Waals surface area contributed by atoms with Crippen LogP contribution >= 0.6 is 0 Å². The molecule has 25 heavy (non-hydrogen) atoms. The Labute approximate surface area is 145 Å². The molecule has 0 radical (unpaired) electrons. The Morgan fingerprint density at radius 3 is 2.76 bits per heavy atom. The van der Waals surface area contributed by atoms with Crippen LogP contribution in [0.5, 0.6) is 0 Å². The number of alkyl halides is 3. The summed E-state index contributed by atoms with van der Waals surface area (Å²) in [7, 11) is 0. The molecule has 7 heteroatoms. The Morgan fingerprint density at radius 2 is 2.12 bits per heavy atom. The van der Waals surface area contributed by atoms with Crippen molar-refractivity contribution >= 4 is 6.03 Å². The molecule has 3 atom stereocenters. The van der Waals surface area contributed by atoms with Gasteiger partial charge in [0, 0.05) is 12.6 Å². The molecule has 0 spiro atoms. The van der Waals surface area contributed by atoms with E-state index >= 15 is 0 Å². The number of halogens is 3. The van der Waals surface area contributed by atoms with Crippen molar-refractivity contribution in [1.82, 2.24) is 10.2 Å². The molecule has 4 nitrogen and oxygen atoms in total. The number of hydrogen-bond donors (Lipinski definition) is 2. The molecule has 138 valence electrons. The zero-order valence-corrected chi connectivity index (χ0v) is 14.1. The van der Waals surface area contributed by atoms with Crippen molar-refractivity contribution < 1.29 is 23.1 Å². The largest absolute Gasteiger partial charge is 0.416 e. The number of likely N-dealkylation sites (tertiary alicyclic amines) is 1. The number of amides is 2. The third kappa shape index (κ3) is 3.92. The van der Waals surface area contributed by atoms with Gasteiger partial charge in [-0.05, 0) is 49.3 Å². The Morgan fingerprint density at radius 1 is 1.36 bits per heavy atom. The summed E-state index contributed by atoms with van der Waals surface area (Å²) in [6, 6.07) is 4.62. The highest BCUT2D eigenvalue weighted by atomic mass is 19.4. The van der Waals surface area contributed by atoms with Gasteiger partial charge in [0.1, 0.15) is 5.60 Å². The van der Waals surface area contributed by atoms with Gasteiger partial charge in [0.05, 0.1) is 12.1 Å². The standard InChI is InChI=1S/C18H23F3N2O2/c1-12-5-6-15(9-12)22-16(24)23-8-7-17(25,11-23)13-3-2-4-14(10-13)18(19,20)21/h2-4,10,12,15,25H,5-9,11H2,1H3,(H,22,24). The number of carbonyl (C=O) groups is 1. The van der Waals surface area contributed by atoms with Gasteiger partial charge in [-0.1, -0.05) is 19.1 Å². The van der Waals surface area contributed by atoms with Crippen LogP contribution < -0.4 is 5.32 Å². The molecular formula is C18H23F3N2O2. The first kappa shape index (κ1) is 18.0. The zero-order chi connectivity index (χ0) is 18.2. The molecule has 1 aromatic carbocycles. The van der Waals surface area contributed by atoms with Crippen LogP contribution in [0.15, 0.2) is 24.3 Å². The highest BCUT2D eigenvalue weighted by Crippen LogP contribution is 2.36. The Bertz CT molecular complexity index is 649. The minimum atomic E-state index is -4.46. The maximum Gasteiger partial charge on any atom is 0.416 e. The van der Waals surface area contributed by atoms with Gasteiger partial charge in [0.2, 0.25) is 0 Å². The lowest BCUT2D eigenvalue weighted by Gasteiger charge is -2.25. The summed E-state index contributed by atoms with van der Waals surface area (Å²) >= 11 is 0. The number of nitrogens with zero attached hydrogens (tertiary/aromatic N) is 1. The molecule has 1 aliphatic heterocycles. The molecule has 1 heterocycles. The number of aliphatic hydroxyl groups is 1. The molecule has 1 saturated heterocycles. The van der Waals surface area contributed by atoms with Gasteiger partial charge in [0.15, 0.2) is 0 Å². The topological polar surface area (TPSA) is 52.6 Å². The minimum Gasteiger partial charge on any atom is -0.383 e. The van der Waals surface area contributed by atoms with Crippen molar-refractivity contribution in [2.45, 2.75) is 50.4 Å². The Balaban J connectivity index is 1.67. The normalized spacial score (nSPS) is 29.9. The van der Waals surface area contributed by atoms with Gasteiger partial charge in [-0.15, -0.1) is 0 Å². The zero-order valence-electron chi connectivity index (χ0n) is 14.1. The fourth-order valence-electron chi connectivity index (χ4n) is 3.79. The second-order valence-corrected chi connectivity index (χ2v) is 7.35. The molecule has 3 unspecified atom stereocenters. The number of hydrogen-bond acceptors (Lipinski definition) is 2. The van der Waals surface area contributed by atoms with E-state index in [2.05, 4.69) is 12.2 Å². The van der Waals surface area contributed by atoms with Crippen LogP contribution in [0, 0.1) is 5.92 Å². The van der Waals surface area contributed by atoms with E-state index in [1.807, 2.05) is 0 Å². The van der Waals surface area contributed by atoms with Gasteiger partial charge >= 0.3 is 12.2 Å². The summed E-state index contributed by atoms with van der Waals surface area (Å²) in [4.78, 5) is 13.9. The van der Waals surface area contributed by atoms with E-state index in [-0.39, 0.29) is 30.6 Å². The summed E-state index contributed by atoms with van der Waals surface area (Å²) in [5.41, 5.74) is -2.03. The second kappa shape index (κ2) is 6.52. The van der Waals surface area contributed by atoms with Gasteiger partial charge in [-0.3, -0.25) is 0 Å². The molecule has 2 aliphatic rings. The van der Waals surface area contributed by atoms with Crippen molar-refractivity contribution in [3.8, 4) is 0 Å². The SMILES string of the molecule is CC1CCC(NC(=O)N2CCC(O)(c3cccc(C(F)(F)F)c3)C2)C1. The first-order valence-corrected chi connectivity index (χ1v) is 8.63. The molecule has 1 aliphatic carbocycles. The van der Waals surface area contributed by atoms with Crippen molar-refractivity contribution in [1.29, 1.82) is 0 Å². The highest BCUT2D eigenvalue weighted by molar-refractivity contribution is 5.75. The van der Waals surface area contributed by atoms with Gasteiger partial charge < -0.3 is 15.3 Å². The third-order valence-electron chi connectivity index (χ3n) is 5.28. The molecule has 1 aromatic rings. The molecule has 2 amide bonds. The first-order chi connectivity index (χ1) is 11.7. The van der Waals surface area contributed by atoms with E-state index in [1.54, 1.807) is 0 Å². The summed E-state index contributed by atoms with van der Waals surface area (Å²) in [5.74, 6) is 0.589. The summed E-state index contributed by atoms with van der Waals surface area (Å²) in [5, 5.41) is 13.8. The maximum absolute atomic E-state index is 12.9. The van der Waals surface area contributed by atoms with Gasteiger partial charge in [-0.2, -0.15) is 13.2 Å². The van der Waals surface area contributed by atoms with E-state index < -0.39 is 17.3 Å². The molecule has 3 rings (SSSR count). The van der Waals surface area contributed by atoms with E-state index in [0.717, 1.165) is 31.4 Å². The van der Waals surface area contributed by atoms with Crippen LogP contribution in [0.4, 0.5) is 18.0 Å². The molecule has 2 N–H and O–H groups in total. The molecule has 1 saturated carbocycles. The third-order valence-corrected chi connectivity index (χ3v) is 5.28. The number of nitrogens with one attached hydrogen (secondary N) is 1. The van der Waals surface area contributed by atoms with Crippen molar-refractivity contribution in [2.24, 2.45) is 5.92 Å². The van der Waals surface area contributed by atoms with Gasteiger partial charge in [-0.25, -0.2) is 4.79 Å². The number of carbonyl (C=O) groups excluding carboxylic acids is 1. The van der Waals surface area contributed by atoms with E-state index in [4.69, 9.17) is 0 Å². The number of β-amino-alcohol motifs (C(OH)–C–C–N with tert-alkyl or cyclic N) is 1. The van der Waals surface area contributed by atoms with Crippen LogP contribution in [0.25, 0.3) is 0 Å². The second-order valence-electron chi connectivity index (χ2n) is 7.35. The van der Waals surface area contributed by atoms with Gasteiger partial charge in [0.25, 0.3) is 0 Å². The van der Waals surface area contributed by atoms with Crippen LogP contribution in [0.2, 0.25) is 0 Å². The lowest BCUT2D eigenvalue weighted by molar-refractivity contribution is -0.137. The van der Waals surface area contributed by atoms with Crippen LogP contribution in [-0.4, -0.2) is 35.2 Å². The lowest BCUT2D eigenvalue weighted by Crippen LogP contribution is -2.44. The Hall–Kier alpha value is -1.76. The molecule has 0 aromatic heterocycles. The molecule has 2 fully saturated rings. The highest BCUT2D eigenvalue weighted by Gasteiger charge is 2.41. The van der Waals surface area contributed by atoms with Crippen LogP contribution in [0.3, 0.4) is 0 Å². The summed E-state index contributed by atoms with van der Waals surface area (Å²) in [6.45, 7) is 2.47. The van der Waals surface area contributed by atoms with E-state index in [0.29, 0.717) is 12.5 Å². The lowest BCUT2D eigenvalue weighted by atomic mass is 9.91. The molecular weight excluding hydrogens is 333 g/mol. The van der Waals surface area contributed by atoms with Crippen LogP contribution in [-0.2, 0) is 11.8 Å². The van der Waals surface area contributed by atoms with Crippen molar-refractivity contribution in [2.75, 3.05) is 13.1 Å². The quantitative estimate of drug-likeness (QED) is 0.852. The fourth-order valence-corrected chi connectivity index (χ4v) is 3.79. The van der Waals surface area contributed by atoms with Crippen molar-refractivity contribution in [3.05, 3.63) is 35.4 Å². The predicted octanol–water partition coefficient (Wildman–Crippen LogP) is 3.50. The maximum atomic E-state index is 12.9. The predicted molar refractivity (Wildman–Crippen MR) is 86.9 cm³/mol. The van der Waals surface area contributed by atoms with E-state index in [1.165, 1.54) is 17.0 Å². The molecule has 0 bridgehead atoms. The van der Waals surface area contributed by atoms with Crippen LogP contribution in [0.1, 0.15) is 43.7 Å². The summed E-state index contributed by atoms with van der Waals surface area (Å²) < 4.78 is 38.7. The average molecular weight is 356 g/mol. The minimum absolute atomic E-state index is 0.00240. The fraction of sp³-hybridized carbons (Fsp3) is 0.611. The Kier molecular flexibility index (Phi) is 4.70. The summed E-state index contributed by atoms with van der Waals surface area (Å²) in [6.07, 6.45) is -1.26. The average Bonchev–Trinajstić information content (AvgIpc) is 3.14.